The Balaban J connectivity index is 2.47. The van der Waals surface area contributed by atoms with E-state index in [1.165, 1.54) is 28.4 Å². The Morgan fingerprint density at radius 3 is 3.08 bits per heavy atom. The summed E-state index contributed by atoms with van der Waals surface area (Å²) < 4.78 is 6.66. The number of ether oxygens (including phenoxy) is 1. The quantitative estimate of drug-likeness (QED) is 0.731. The van der Waals surface area contributed by atoms with Crippen molar-refractivity contribution in [2.24, 2.45) is 0 Å². The highest BCUT2D eigenvalue weighted by Gasteiger charge is 2.21. The van der Waals surface area contributed by atoms with Gasteiger partial charge < -0.3 is 4.74 Å². The first-order chi connectivity index (χ1) is 6.33. The zero-order valence-electron chi connectivity index (χ0n) is 7.72. The summed E-state index contributed by atoms with van der Waals surface area (Å²) in [5.41, 5.74) is 2.80. The van der Waals surface area contributed by atoms with Crippen LogP contribution in [0.5, 0.6) is 0 Å². The maximum atomic E-state index is 5.47. The zero-order valence-corrected chi connectivity index (χ0v) is 9.30. The van der Waals surface area contributed by atoms with Crippen LogP contribution in [0.2, 0.25) is 0 Å². The third-order valence-electron chi connectivity index (χ3n) is 2.66. The van der Waals surface area contributed by atoms with Crippen LogP contribution in [0.1, 0.15) is 30.1 Å². The first kappa shape index (κ1) is 9.22. The number of fused-ring (bicyclic) bond motifs is 1. The van der Waals surface area contributed by atoms with Crippen molar-refractivity contribution in [2.45, 2.75) is 25.4 Å². The summed E-state index contributed by atoms with van der Waals surface area (Å²) in [5, 5.41) is 0. The molecule has 1 unspecified atom stereocenters. The molecule has 0 fully saturated rings. The molecule has 2 rings (SSSR count). The van der Waals surface area contributed by atoms with Crippen molar-refractivity contribution in [1.82, 2.24) is 0 Å². The predicted octanol–water partition coefficient (Wildman–Crippen LogP) is 3.47. The zero-order chi connectivity index (χ0) is 9.26. The minimum Gasteiger partial charge on any atom is -0.377 e. The molecule has 0 radical (unpaired) electrons. The Morgan fingerprint density at radius 1 is 1.46 bits per heavy atom. The molecule has 0 bridgehead atoms. The molecule has 70 valence electrons. The number of rotatable bonds is 1. The lowest BCUT2D eigenvalue weighted by Gasteiger charge is -2.25. The van der Waals surface area contributed by atoms with Gasteiger partial charge >= 0.3 is 0 Å². The van der Waals surface area contributed by atoms with E-state index in [1.807, 2.05) is 0 Å². The number of benzene rings is 1. The van der Waals surface area contributed by atoms with E-state index < -0.39 is 0 Å². The standard InChI is InChI=1S/C11H13BrO/c1-13-10-7-3-5-8-4-2-6-9(12)11(8)10/h2,4,6,10H,3,5,7H2,1H3. The molecule has 0 saturated carbocycles. The normalized spacial score (nSPS) is 21.2. The molecule has 1 aliphatic carbocycles. The molecule has 0 saturated heterocycles. The Morgan fingerprint density at radius 2 is 2.31 bits per heavy atom. The number of methoxy groups -OCH3 is 1. The van der Waals surface area contributed by atoms with Gasteiger partial charge in [-0.3, -0.25) is 0 Å². The monoisotopic (exact) mass is 240 g/mol. The maximum Gasteiger partial charge on any atom is 0.0834 e. The topological polar surface area (TPSA) is 9.23 Å². The molecular formula is C11H13BrO. The molecule has 1 aromatic carbocycles. The van der Waals surface area contributed by atoms with E-state index in [4.69, 9.17) is 4.74 Å². The van der Waals surface area contributed by atoms with E-state index in [0.717, 1.165) is 6.42 Å². The number of hydrogen-bond donors (Lipinski definition) is 0. The van der Waals surface area contributed by atoms with E-state index in [2.05, 4.69) is 34.1 Å². The predicted molar refractivity (Wildman–Crippen MR) is 56.8 cm³/mol. The minimum absolute atomic E-state index is 0.291. The van der Waals surface area contributed by atoms with Gasteiger partial charge in [0.15, 0.2) is 0 Å². The second-order valence-corrected chi connectivity index (χ2v) is 4.28. The van der Waals surface area contributed by atoms with Gasteiger partial charge in [-0.25, -0.2) is 0 Å². The van der Waals surface area contributed by atoms with Crippen LogP contribution < -0.4 is 0 Å². The van der Waals surface area contributed by atoms with Gasteiger partial charge in [-0.2, -0.15) is 0 Å². The number of hydrogen-bond acceptors (Lipinski definition) is 1. The Bertz CT molecular complexity index is 309. The average molecular weight is 241 g/mol. The number of halogens is 1. The highest BCUT2D eigenvalue weighted by molar-refractivity contribution is 9.10. The molecule has 0 heterocycles. The molecule has 0 spiro atoms. The molecule has 1 atom stereocenters. The van der Waals surface area contributed by atoms with Crippen molar-refractivity contribution >= 4 is 15.9 Å². The molecule has 1 nitrogen and oxygen atoms in total. The summed E-state index contributed by atoms with van der Waals surface area (Å²) in [5.74, 6) is 0. The fourth-order valence-electron chi connectivity index (χ4n) is 2.02. The summed E-state index contributed by atoms with van der Waals surface area (Å²) in [6, 6.07) is 6.39. The Kier molecular flexibility index (Phi) is 2.70. The first-order valence-corrected chi connectivity index (χ1v) is 5.42. The SMILES string of the molecule is COC1CCCc2cccc(Br)c21. The molecule has 1 aromatic rings. The Labute approximate surface area is 87.2 Å². The largest absolute Gasteiger partial charge is 0.377 e. The van der Waals surface area contributed by atoms with Gasteiger partial charge in [0.2, 0.25) is 0 Å². The second-order valence-electron chi connectivity index (χ2n) is 3.43. The highest BCUT2D eigenvalue weighted by atomic mass is 79.9. The van der Waals surface area contributed by atoms with Crippen LogP contribution in [0.25, 0.3) is 0 Å². The molecule has 2 heteroatoms. The Hall–Kier alpha value is -0.340. The van der Waals surface area contributed by atoms with E-state index in [0.29, 0.717) is 6.10 Å². The average Bonchev–Trinajstić information content (AvgIpc) is 2.17. The smallest absolute Gasteiger partial charge is 0.0834 e. The summed E-state index contributed by atoms with van der Waals surface area (Å²) in [4.78, 5) is 0. The highest BCUT2D eigenvalue weighted by Crippen LogP contribution is 2.36. The summed E-state index contributed by atoms with van der Waals surface area (Å²) in [6.07, 6.45) is 3.86. The fraction of sp³-hybridized carbons (Fsp3) is 0.455. The van der Waals surface area contributed by atoms with Crippen LogP contribution in [0.15, 0.2) is 22.7 Å². The third kappa shape index (κ3) is 1.65. The molecule has 1 aliphatic rings. The minimum atomic E-state index is 0.291. The van der Waals surface area contributed by atoms with E-state index in [9.17, 15) is 0 Å². The van der Waals surface area contributed by atoms with E-state index >= 15 is 0 Å². The lowest BCUT2D eigenvalue weighted by Crippen LogP contribution is -2.11. The summed E-state index contributed by atoms with van der Waals surface area (Å²) in [7, 11) is 1.79. The summed E-state index contributed by atoms with van der Waals surface area (Å²) >= 11 is 3.58. The van der Waals surface area contributed by atoms with Gasteiger partial charge in [-0.05, 0) is 36.5 Å². The third-order valence-corrected chi connectivity index (χ3v) is 3.35. The van der Waals surface area contributed by atoms with Crippen molar-refractivity contribution in [3.8, 4) is 0 Å². The van der Waals surface area contributed by atoms with Crippen molar-refractivity contribution < 1.29 is 4.74 Å². The van der Waals surface area contributed by atoms with Crippen molar-refractivity contribution in [3.63, 3.8) is 0 Å². The van der Waals surface area contributed by atoms with E-state index in [-0.39, 0.29) is 0 Å². The molecule has 0 aliphatic heterocycles. The lowest BCUT2D eigenvalue weighted by molar-refractivity contribution is 0.0875. The second kappa shape index (κ2) is 3.81. The van der Waals surface area contributed by atoms with Gasteiger partial charge in [-0.1, -0.05) is 28.1 Å². The first-order valence-electron chi connectivity index (χ1n) is 4.63. The van der Waals surface area contributed by atoms with Crippen LogP contribution >= 0.6 is 15.9 Å². The van der Waals surface area contributed by atoms with Gasteiger partial charge in [0.05, 0.1) is 6.10 Å². The van der Waals surface area contributed by atoms with Crippen molar-refractivity contribution in [3.05, 3.63) is 33.8 Å². The van der Waals surface area contributed by atoms with Crippen LogP contribution in [-0.4, -0.2) is 7.11 Å². The molecule has 0 aromatic heterocycles. The van der Waals surface area contributed by atoms with Gasteiger partial charge in [-0.15, -0.1) is 0 Å². The van der Waals surface area contributed by atoms with Crippen LogP contribution in [0.3, 0.4) is 0 Å². The van der Waals surface area contributed by atoms with Crippen molar-refractivity contribution in [2.75, 3.05) is 7.11 Å². The number of aryl methyl sites for hydroxylation is 1. The lowest BCUT2D eigenvalue weighted by atomic mass is 9.89. The summed E-state index contributed by atoms with van der Waals surface area (Å²) in [6.45, 7) is 0. The fourth-order valence-corrected chi connectivity index (χ4v) is 2.68. The van der Waals surface area contributed by atoms with E-state index in [1.54, 1.807) is 7.11 Å². The van der Waals surface area contributed by atoms with Gasteiger partial charge in [0.25, 0.3) is 0 Å². The van der Waals surface area contributed by atoms with Crippen molar-refractivity contribution in [1.29, 1.82) is 0 Å². The maximum absolute atomic E-state index is 5.47. The van der Waals surface area contributed by atoms with Crippen LogP contribution in [0.4, 0.5) is 0 Å². The van der Waals surface area contributed by atoms with Gasteiger partial charge in [0, 0.05) is 11.6 Å². The van der Waals surface area contributed by atoms with Crippen LogP contribution in [0, 0.1) is 0 Å². The van der Waals surface area contributed by atoms with Crippen LogP contribution in [-0.2, 0) is 11.2 Å². The molecule has 0 amide bonds. The van der Waals surface area contributed by atoms with Gasteiger partial charge in [0.1, 0.15) is 0 Å². The molecule has 13 heavy (non-hydrogen) atoms. The molecule has 0 N–H and O–H groups in total. The molecular weight excluding hydrogens is 228 g/mol.